The van der Waals surface area contributed by atoms with Crippen molar-refractivity contribution in [3.8, 4) is 6.07 Å². The minimum absolute atomic E-state index is 0.0785. The summed E-state index contributed by atoms with van der Waals surface area (Å²) < 4.78 is 0. The molecule has 0 aliphatic carbocycles. The highest BCUT2D eigenvalue weighted by Crippen LogP contribution is 2.26. The van der Waals surface area contributed by atoms with E-state index in [0.717, 1.165) is 11.3 Å². The molecule has 0 fully saturated rings. The number of nitriles is 1. The van der Waals surface area contributed by atoms with Crippen LogP contribution in [-0.2, 0) is 0 Å². The first kappa shape index (κ1) is 16.7. The maximum atomic E-state index is 12.6. The first-order valence-electron chi connectivity index (χ1n) is 7.59. The van der Waals surface area contributed by atoms with Gasteiger partial charge in [-0.15, -0.1) is 0 Å². The molecule has 1 aromatic heterocycles. The van der Waals surface area contributed by atoms with Crippen molar-refractivity contribution in [1.82, 2.24) is 10.3 Å². The maximum absolute atomic E-state index is 12.6. The molecule has 0 spiro atoms. The number of aromatic nitrogens is 1. The highest BCUT2D eigenvalue weighted by molar-refractivity contribution is 5.96. The molecule has 1 amide bonds. The van der Waals surface area contributed by atoms with Crippen molar-refractivity contribution < 1.29 is 4.79 Å². The van der Waals surface area contributed by atoms with Gasteiger partial charge in [-0.25, -0.2) is 0 Å². The third kappa shape index (κ3) is 4.17. The van der Waals surface area contributed by atoms with Crippen LogP contribution in [0.15, 0.2) is 42.6 Å². The zero-order chi connectivity index (χ0) is 17.0. The van der Waals surface area contributed by atoms with Crippen LogP contribution in [0, 0.1) is 11.3 Å². The molecule has 4 heteroatoms. The van der Waals surface area contributed by atoms with Crippen molar-refractivity contribution in [3.63, 3.8) is 0 Å². The number of amides is 1. The molecule has 1 heterocycles. The Hall–Kier alpha value is -2.67. The minimum Gasteiger partial charge on any atom is -0.347 e. The number of benzene rings is 1. The Bertz CT molecular complexity index is 754. The Labute approximate surface area is 137 Å². The summed E-state index contributed by atoms with van der Waals surface area (Å²) in [5.74, 6) is -0.179. The summed E-state index contributed by atoms with van der Waals surface area (Å²) in [6.45, 7) is 7.85. The van der Waals surface area contributed by atoms with Crippen LogP contribution in [0.3, 0.4) is 0 Å². The van der Waals surface area contributed by atoms with Crippen molar-refractivity contribution in [2.24, 2.45) is 0 Å². The highest BCUT2D eigenvalue weighted by atomic mass is 16.1. The molecular weight excluding hydrogens is 286 g/mol. The van der Waals surface area contributed by atoms with Crippen LogP contribution in [0.5, 0.6) is 0 Å². The molecule has 1 unspecified atom stereocenters. The van der Waals surface area contributed by atoms with Crippen LogP contribution >= 0.6 is 0 Å². The van der Waals surface area contributed by atoms with Gasteiger partial charge in [0.2, 0.25) is 0 Å². The molecule has 23 heavy (non-hydrogen) atoms. The van der Waals surface area contributed by atoms with Gasteiger partial charge in [-0.2, -0.15) is 5.26 Å². The molecule has 0 radical (unpaired) electrons. The third-order valence-electron chi connectivity index (χ3n) is 3.51. The van der Waals surface area contributed by atoms with E-state index in [9.17, 15) is 4.79 Å². The number of nitrogens with zero attached hydrogens (tertiary/aromatic N) is 2. The van der Waals surface area contributed by atoms with E-state index in [0.29, 0.717) is 11.1 Å². The number of pyridine rings is 1. The van der Waals surface area contributed by atoms with Crippen molar-refractivity contribution in [2.45, 2.75) is 39.2 Å². The molecule has 0 aliphatic heterocycles. The zero-order valence-electron chi connectivity index (χ0n) is 13.9. The van der Waals surface area contributed by atoms with Gasteiger partial charge in [0.25, 0.3) is 5.91 Å². The van der Waals surface area contributed by atoms with Crippen LogP contribution in [-0.4, -0.2) is 16.4 Å². The van der Waals surface area contributed by atoms with E-state index in [1.165, 1.54) is 0 Å². The van der Waals surface area contributed by atoms with Gasteiger partial charge in [-0.1, -0.05) is 25.1 Å². The molecule has 0 saturated carbocycles. The average molecular weight is 307 g/mol. The van der Waals surface area contributed by atoms with Gasteiger partial charge in [0.15, 0.2) is 0 Å². The second-order valence-electron chi connectivity index (χ2n) is 6.59. The number of hydrogen-bond donors (Lipinski definition) is 1. The van der Waals surface area contributed by atoms with Crippen molar-refractivity contribution in [3.05, 3.63) is 65.0 Å². The van der Waals surface area contributed by atoms with Gasteiger partial charge >= 0.3 is 0 Å². The lowest BCUT2D eigenvalue weighted by atomic mass is 9.91. The first-order chi connectivity index (χ1) is 10.8. The molecule has 1 atom stereocenters. The number of carbonyl (C=O) groups is 1. The fraction of sp³-hybridized carbons (Fsp3) is 0.316. The smallest absolute Gasteiger partial charge is 0.251 e. The quantitative estimate of drug-likeness (QED) is 0.941. The Morgan fingerprint density at radius 1 is 1.26 bits per heavy atom. The number of hydrogen-bond acceptors (Lipinski definition) is 3. The largest absolute Gasteiger partial charge is 0.347 e. The van der Waals surface area contributed by atoms with Gasteiger partial charge in [0.1, 0.15) is 0 Å². The van der Waals surface area contributed by atoms with Crippen LogP contribution in [0.1, 0.15) is 60.8 Å². The highest BCUT2D eigenvalue weighted by Gasteiger charge is 2.21. The van der Waals surface area contributed by atoms with Crippen molar-refractivity contribution in [1.29, 1.82) is 5.26 Å². The SMILES string of the molecule is CC(c1cc(C#N)ccn1)c1ccccc1C(=O)NC(C)(C)C. The maximum Gasteiger partial charge on any atom is 0.251 e. The lowest BCUT2D eigenvalue weighted by Gasteiger charge is -2.22. The topological polar surface area (TPSA) is 65.8 Å². The van der Waals surface area contributed by atoms with Gasteiger partial charge in [-0.05, 0) is 44.5 Å². The van der Waals surface area contributed by atoms with E-state index in [2.05, 4.69) is 16.4 Å². The Balaban J connectivity index is 2.40. The Morgan fingerprint density at radius 3 is 2.61 bits per heavy atom. The standard InChI is InChI=1S/C19H21N3O/c1-13(17-11-14(12-20)9-10-21-17)15-7-5-6-8-16(15)18(23)22-19(2,3)4/h5-11,13H,1-4H3,(H,22,23). The normalized spacial score (nSPS) is 12.3. The van der Waals surface area contributed by atoms with Crippen molar-refractivity contribution >= 4 is 5.91 Å². The Morgan fingerprint density at radius 2 is 1.96 bits per heavy atom. The van der Waals surface area contributed by atoms with Crippen LogP contribution in [0.25, 0.3) is 0 Å². The number of nitrogens with one attached hydrogen (secondary N) is 1. The van der Waals surface area contributed by atoms with E-state index < -0.39 is 0 Å². The molecule has 4 nitrogen and oxygen atoms in total. The lowest BCUT2D eigenvalue weighted by molar-refractivity contribution is 0.0918. The number of carbonyl (C=O) groups excluding carboxylic acids is 1. The Kier molecular flexibility index (Phi) is 4.80. The molecule has 1 N–H and O–H groups in total. The van der Waals surface area contributed by atoms with Crippen LogP contribution in [0.2, 0.25) is 0 Å². The molecule has 1 aromatic carbocycles. The summed E-state index contributed by atoms with van der Waals surface area (Å²) in [6, 6.07) is 13.1. The second kappa shape index (κ2) is 6.62. The van der Waals surface area contributed by atoms with Gasteiger partial charge in [-0.3, -0.25) is 9.78 Å². The first-order valence-corrected chi connectivity index (χ1v) is 7.59. The molecule has 118 valence electrons. The van der Waals surface area contributed by atoms with Gasteiger partial charge < -0.3 is 5.32 Å². The van der Waals surface area contributed by atoms with E-state index in [4.69, 9.17) is 5.26 Å². The second-order valence-corrected chi connectivity index (χ2v) is 6.59. The minimum atomic E-state index is -0.299. The predicted octanol–water partition coefficient (Wildman–Crippen LogP) is 3.63. The molecule has 0 aliphatic rings. The van der Waals surface area contributed by atoms with Gasteiger partial charge in [0.05, 0.1) is 11.6 Å². The fourth-order valence-electron chi connectivity index (χ4n) is 2.40. The van der Waals surface area contributed by atoms with Gasteiger partial charge in [0, 0.05) is 28.9 Å². The summed E-state index contributed by atoms with van der Waals surface area (Å²) in [7, 11) is 0. The van der Waals surface area contributed by atoms with Crippen molar-refractivity contribution in [2.75, 3.05) is 0 Å². The molecule has 0 saturated heterocycles. The van der Waals surface area contributed by atoms with E-state index in [-0.39, 0.29) is 17.4 Å². The summed E-state index contributed by atoms with van der Waals surface area (Å²) in [5.41, 5.74) is 2.58. The molecule has 2 aromatic rings. The van der Waals surface area contributed by atoms with Crippen LogP contribution in [0.4, 0.5) is 0 Å². The predicted molar refractivity (Wildman–Crippen MR) is 90.1 cm³/mol. The average Bonchev–Trinajstić information content (AvgIpc) is 2.52. The molecule has 2 rings (SSSR count). The summed E-state index contributed by atoms with van der Waals surface area (Å²) in [6.07, 6.45) is 1.63. The zero-order valence-corrected chi connectivity index (χ0v) is 13.9. The monoisotopic (exact) mass is 307 g/mol. The van der Waals surface area contributed by atoms with E-state index in [1.807, 2.05) is 52.0 Å². The number of rotatable bonds is 3. The van der Waals surface area contributed by atoms with E-state index in [1.54, 1.807) is 18.3 Å². The summed E-state index contributed by atoms with van der Waals surface area (Å²) >= 11 is 0. The lowest BCUT2D eigenvalue weighted by Crippen LogP contribution is -2.41. The third-order valence-corrected chi connectivity index (χ3v) is 3.51. The van der Waals surface area contributed by atoms with E-state index >= 15 is 0 Å². The summed E-state index contributed by atoms with van der Waals surface area (Å²) in [5, 5.41) is 12.0. The molecular formula is C19H21N3O. The molecule has 0 bridgehead atoms. The summed E-state index contributed by atoms with van der Waals surface area (Å²) in [4.78, 5) is 16.9. The fourth-order valence-corrected chi connectivity index (χ4v) is 2.40. The van der Waals surface area contributed by atoms with Crippen LogP contribution < -0.4 is 5.32 Å².